The Balaban J connectivity index is 1.38. The number of carbonyl (C=O) groups is 2. The molecule has 1 atom stereocenters. The number of rotatable bonds is 3. The van der Waals surface area contributed by atoms with Crippen molar-refractivity contribution in [3.05, 3.63) is 23.8 Å². The molecule has 3 fully saturated rings. The molecule has 1 aromatic rings. The predicted octanol–water partition coefficient (Wildman–Crippen LogP) is 3.35. The van der Waals surface area contributed by atoms with E-state index >= 15 is 0 Å². The summed E-state index contributed by atoms with van der Waals surface area (Å²) in [5.41, 5.74) is 2.64. The van der Waals surface area contributed by atoms with Crippen LogP contribution in [0.5, 0.6) is 0 Å². The number of nitrogens with zero attached hydrogens (tertiary/aromatic N) is 1. The largest absolute Gasteiger partial charge is 0.373 e. The first-order valence-corrected chi connectivity index (χ1v) is 9.67. The summed E-state index contributed by atoms with van der Waals surface area (Å²) in [6.45, 7) is 3.33. The fourth-order valence-electron chi connectivity index (χ4n) is 4.54. The number of anilines is 2. The molecule has 1 spiro atoms. The van der Waals surface area contributed by atoms with Gasteiger partial charge in [-0.15, -0.1) is 0 Å². The Hall–Kier alpha value is -2.08. The molecule has 0 aromatic heterocycles. The molecule has 1 aromatic carbocycles. The average Bonchev–Trinajstić information content (AvgIpc) is 3.33. The summed E-state index contributed by atoms with van der Waals surface area (Å²) in [5, 5.41) is 5.95. The van der Waals surface area contributed by atoms with Gasteiger partial charge in [0.25, 0.3) is 0 Å². The molecular formula is C20H27N3O3. The monoisotopic (exact) mass is 357 g/mol. The fraction of sp³-hybridized carbons (Fsp3) is 0.600. The van der Waals surface area contributed by atoms with Crippen LogP contribution in [0, 0.1) is 6.92 Å². The van der Waals surface area contributed by atoms with Crippen molar-refractivity contribution in [2.75, 3.05) is 23.4 Å². The van der Waals surface area contributed by atoms with Crippen molar-refractivity contribution >= 4 is 23.3 Å². The van der Waals surface area contributed by atoms with Gasteiger partial charge in [0.05, 0.1) is 18.2 Å². The van der Waals surface area contributed by atoms with Gasteiger partial charge in [-0.25, -0.2) is 4.79 Å². The Labute approximate surface area is 154 Å². The summed E-state index contributed by atoms with van der Waals surface area (Å²) in [5.74, 6) is 0.152. The van der Waals surface area contributed by atoms with Crippen molar-refractivity contribution in [1.29, 1.82) is 0 Å². The van der Waals surface area contributed by atoms with Crippen LogP contribution in [0.4, 0.5) is 16.2 Å². The van der Waals surface area contributed by atoms with Gasteiger partial charge in [0.1, 0.15) is 0 Å². The van der Waals surface area contributed by atoms with Gasteiger partial charge in [-0.2, -0.15) is 0 Å². The molecule has 6 nitrogen and oxygen atoms in total. The molecule has 140 valence electrons. The van der Waals surface area contributed by atoms with Gasteiger partial charge in [-0.05, 0) is 50.3 Å². The third-order valence-electron chi connectivity index (χ3n) is 5.89. The van der Waals surface area contributed by atoms with Crippen LogP contribution in [0.3, 0.4) is 0 Å². The van der Waals surface area contributed by atoms with Crippen LogP contribution in [0.25, 0.3) is 0 Å². The second-order valence-electron chi connectivity index (χ2n) is 7.85. The fourth-order valence-corrected chi connectivity index (χ4v) is 4.54. The lowest BCUT2D eigenvalue weighted by Crippen LogP contribution is -2.39. The van der Waals surface area contributed by atoms with Crippen LogP contribution in [0.15, 0.2) is 18.2 Å². The van der Waals surface area contributed by atoms with Crippen LogP contribution in [-0.4, -0.2) is 36.7 Å². The summed E-state index contributed by atoms with van der Waals surface area (Å²) in [6, 6.07) is 5.57. The molecule has 0 bridgehead atoms. The average molecular weight is 357 g/mol. The maximum Gasteiger partial charge on any atom is 0.319 e. The SMILES string of the molecule is Cc1ccc(NC(=O)N[C@@H]2COC3(CCCC3)C2)cc1N1CCCC1=O. The predicted molar refractivity (Wildman–Crippen MR) is 100 cm³/mol. The van der Waals surface area contributed by atoms with Crippen LogP contribution in [-0.2, 0) is 9.53 Å². The van der Waals surface area contributed by atoms with E-state index in [4.69, 9.17) is 4.74 Å². The molecule has 2 aliphatic heterocycles. The van der Waals surface area contributed by atoms with Crippen molar-refractivity contribution in [3.8, 4) is 0 Å². The van der Waals surface area contributed by atoms with Gasteiger partial charge < -0.3 is 20.3 Å². The van der Waals surface area contributed by atoms with Crippen molar-refractivity contribution < 1.29 is 14.3 Å². The molecule has 2 N–H and O–H groups in total. The molecule has 2 saturated heterocycles. The molecule has 3 aliphatic rings. The van der Waals surface area contributed by atoms with Gasteiger partial charge in [0, 0.05) is 24.3 Å². The normalized spacial score (nSPS) is 24.4. The highest BCUT2D eigenvalue weighted by atomic mass is 16.5. The van der Waals surface area contributed by atoms with Crippen molar-refractivity contribution in [1.82, 2.24) is 5.32 Å². The van der Waals surface area contributed by atoms with E-state index in [-0.39, 0.29) is 23.6 Å². The zero-order chi connectivity index (χ0) is 18.1. The van der Waals surface area contributed by atoms with Crippen LogP contribution in [0.2, 0.25) is 0 Å². The lowest BCUT2D eigenvalue weighted by Gasteiger charge is -2.21. The maximum absolute atomic E-state index is 12.4. The van der Waals surface area contributed by atoms with E-state index in [9.17, 15) is 9.59 Å². The van der Waals surface area contributed by atoms with Gasteiger partial charge in [0.15, 0.2) is 0 Å². The second kappa shape index (κ2) is 6.91. The Morgan fingerprint density at radius 2 is 2.08 bits per heavy atom. The molecule has 1 aliphatic carbocycles. The van der Waals surface area contributed by atoms with Crippen molar-refractivity contribution in [2.24, 2.45) is 0 Å². The summed E-state index contributed by atoms with van der Waals surface area (Å²) < 4.78 is 5.99. The number of aryl methyl sites for hydroxylation is 1. The van der Waals surface area contributed by atoms with Crippen LogP contribution < -0.4 is 15.5 Å². The molecule has 0 unspecified atom stereocenters. The second-order valence-corrected chi connectivity index (χ2v) is 7.85. The highest BCUT2D eigenvalue weighted by Crippen LogP contribution is 2.40. The quantitative estimate of drug-likeness (QED) is 0.871. The minimum Gasteiger partial charge on any atom is -0.373 e. The number of hydrogen-bond donors (Lipinski definition) is 2. The van der Waals surface area contributed by atoms with E-state index in [0.29, 0.717) is 18.7 Å². The summed E-state index contributed by atoms with van der Waals surface area (Å²) in [6.07, 6.45) is 7.05. The number of nitrogens with one attached hydrogen (secondary N) is 2. The van der Waals surface area contributed by atoms with Gasteiger partial charge in [-0.3, -0.25) is 4.79 Å². The maximum atomic E-state index is 12.4. The Bertz CT molecular complexity index is 712. The Morgan fingerprint density at radius 3 is 2.81 bits per heavy atom. The molecule has 4 rings (SSSR count). The first-order valence-electron chi connectivity index (χ1n) is 9.67. The highest BCUT2D eigenvalue weighted by Gasteiger charge is 2.42. The van der Waals surface area contributed by atoms with Crippen LogP contribution >= 0.6 is 0 Å². The van der Waals surface area contributed by atoms with Crippen molar-refractivity contribution in [2.45, 2.75) is 63.5 Å². The molecular weight excluding hydrogens is 330 g/mol. The summed E-state index contributed by atoms with van der Waals surface area (Å²) in [4.78, 5) is 26.2. The summed E-state index contributed by atoms with van der Waals surface area (Å²) in [7, 11) is 0. The molecule has 3 amide bonds. The van der Waals surface area contributed by atoms with Crippen molar-refractivity contribution in [3.63, 3.8) is 0 Å². The van der Waals surface area contributed by atoms with Gasteiger partial charge >= 0.3 is 6.03 Å². The first kappa shape index (κ1) is 17.3. The van der Waals surface area contributed by atoms with E-state index < -0.39 is 0 Å². The first-order chi connectivity index (χ1) is 12.5. The highest BCUT2D eigenvalue weighted by molar-refractivity contribution is 5.97. The van der Waals surface area contributed by atoms with E-state index in [1.807, 2.05) is 30.0 Å². The molecule has 2 heterocycles. The summed E-state index contributed by atoms with van der Waals surface area (Å²) >= 11 is 0. The van der Waals surface area contributed by atoms with E-state index in [1.54, 1.807) is 0 Å². The minimum atomic E-state index is -0.212. The number of ether oxygens (including phenoxy) is 1. The third-order valence-corrected chi connectivity index (χ3v) is 5.89. The Morgan fingerprint density at radius 1 is 1.27 bits per heavy atom. The van der Waals surface area contributed by atoms with Gasteiger partial charge in [0.2, 0.25) is 5.91 Å². The lowest BCUT2D eigenvalue weighted by atomic mass is 9.96. The van der Waals surface area contributed by atoms with E-state index in [2.05, 4.69) is 10.6 Å². The smallest absolute Gasteiger partial charge is 0.319 e. The van der Waals surface area contributed by atoms with E-state index in [0.717, 1.165) is 43.5 Å². The van der Waals surface area contributed by atoms with Crippen LogP contribution in [0.1, 0.15) is 50.5 Å². The lowest BCUT2D eigenvalue weighted by molar-refractivity contribution is -0.117. The number of carbonyl (C=O) groups excluding carboxylic acids is 2. The molecule has 6 heteroatoms. The molecule has 0 radical (unpaired) electrons. The van der Waals surface area contributed by atoms with Gasteiger partial charge in [-0.1, -0.05) is 18.9 Å². The minimum absolute atomic E-state index is 0.00505. The molecule has 1 saturated carbocycles. The Kier molecular flexibility index (Phi) is 4.61. The zero-order valence-corrected chi connectivity index (χ0v) is 15.3. The third kappa shape index (κ3) is 3.43. The number of hydrogen-bond acceptors (Lipinski definition) is 3. The number of benzene rings is 1. The van der Waals surface area contributed by atoms with E-state index in [1.165, 1.54) is 12.8 Å². The molecule has 26 heavy (non-hydrogen) atoms. The standard InChI is InChI=1S/C20H27N3O3/c1-14-6-7-15(11-17(14)23-10-4-5-18(23)24)21-19(25)22-16-12-20(26-13-16)8-2-3-9-20/h6-7,11,16H,2-5,8-10,12-13H2,1H3,(H2,21,22,25)/t16-/m0/s1. The number of amides is 3. The zero-order valence-electron chi connectivity index (χ0n) is 15.3. The number of urea groups is 1. The topological polar surface area (TPSA) is 70.7 Å².